The average Bonchev–Trinajstić information content (AvgIpc) is 2.90. The van der Waals surface area contributed by atoms with Crippen molar-refractivity contribution in [3.63, 3.8) is 0 Å². The van der Waals surface area contributed by atoms with Crippen LogP contribution in [0.2, 0.25) is 0 Å². The molecule has 4 aromatic carbocycles. The van der Waals surface area contributed by atoms with E-state index in [1.807, 2.05) is 103 Å². The average molecular weight is 466 g/mol. The zero-order valence-corrected chi connectivity index (χ0v) is 20.2. The molecule has 5 rings (SSSR count). The van der Waals surface area contributed by atoms with Gasteiger partial charge in [0.2, 0.25) is 0 Å². The van der Waals surface area contributed by atoms with Gasteiger partial charge in [-0.05, 0) is 50.2 Å². The Labute approximate surface area is 203 Å². The highest BCUT2D eigenvalue weighted by Crippen LogP contribution is 2.24. The number of benzene rings is 4. The van der Waals surface area contributed by atoms with Gasteiger partial charge in [-0.3, -0.25) is 9.59 Å². The van der Waals surface area contributed by atoms with Gasteiger partial charge in [-0.15, -0.1) is 11.3 Å². The Bertz CT molecular complexity index is 1410. The van der Waals surface area contributed by atoms with Crippen LogP contribution >= 0.6 is 11.3 Å². The molecule has 0 fully saturated rings. The van der Waals surface area contributed by atoms with Crippen LogP contribution in [0.3, 0.4) is 0 Å². The van der Waals surface area contributed by atoms with Gasteiger partial charge in [-0.2, -0.15) is 0 Å². The molecule has 1 aromatic heterocycles. The number of para-hydroxylation sites is 1. The Balaban J connectivity index is 0.000000165. The van der Waals surface area contributed by atoms with E-state index < -0.39 is 0 Å². The molecule has 0 saturated heterocycles. The number of nitrogens with zero attached hydrogens (tertiary/aromatic N) is 1. The maximum absolute atomic E-state index is 12.6. The van der Waals surface area contributed by atoms with Crippen molar-refractivity contribution in [2.75, 3.05) is 18.0 Å². The van der Waals surface area contributed by atoms with Gasteiger partial charge in [-0.1, -0.05) is 66.7 Å². The SMILES string of the molecule is CCN(CC)c1ccccc1C(=O)c1ccccc1.O=c1c2ccccc2sc2ccccc12. The molecule has 0 spiro atoms. The van der Waals surface area contributed by atoms with Gasteiger partial charge in [0.25, 0.3) is 0 Å². The van der Waals surface area contributed by atoms with Crippen molar-refractivity contribution in [3.8, 4) is 0 Å². The van der Waals surface area contributed by atoms with Crippen LogP contribution in [0.5, 0.6) is 0 Å². The summed E-state index contributed by atoms with van der Waals surface area (Å²) in [6, 6.07) is 32.8. The number of rotatable bonds is 5. The summed E-state index contributed by atoms with van der Waals surface area (Å²) in [6.07, 6.45) is 0. The second kappa shape index (κ2) is 10.9. The van der Waals surface area contributed by atoms with E-state index in [9.17, 15) is 9.59 Å². The standard InChI is InChI=1S/C17H19NO.C13H8OS/c1-3-18(4-2)16-13-9-8-12-15(16)17(19)14-10-6-5-7-11-14;14-13-9-5-1-3-7-11(9)15-12-8-4-2-6-10(12)13/h5-13H,3-4H2,1-2H3;1-8H. The van der Waals surface area contributed by atoms with Crippen LogP contribution in [-0.4, -0.2) is 18.9 Å². The third-order valence-corrected chi connectivity index (χ3v) is 6.92. The fourth-order valence-electron chi connectivity index (χ4n) is 4.00. The fraction of sp³-hybridized carbons (Fsp3) is 0.133. The van der Waals surface area contributed by atoms with Gasteiger partial charge in [0.1, 0.15) is 0 Å². The largest absolute Gasteiger partial charge is 0.371 e. The molecule has 0 radical (unpaired) electrons. The molecule has 0 saturated carbocycles. The highest BCUT2D eigenvalue weighted by molar-refractivity contribution is 7.24. The van der Waals surface area contributed by atoms with Crippen molar-refractivity contribution in [3.05, 3.63) is 124 Å². The quantitative estimate of drug-likeness (QED) is 0.204. The summed E-state index contributed by atoms with van der Waals surface area (Å²) in [6.45, 7) is 6.01. The molecule has 0 unspecified atom stereocenters. The lowest BCUT2D eigenvalue weighted by atomic mass is 10.0. The smallest absolute Gasteiger partial charge is 0.195 e. The third-order valence-electron chi connectivity index (χ3n) is 5.77. The molecular weight excluding hydrogens is 438 g/mol. The minimum atomic E-state index is 0.0862. The molecule has 0 atom stereocenters. The molecule has 170 valence electrons. The summed E-state index contributed by atoms with van der Waals surface area (Å²) < 4.78 is 2.11. The number of ketones is 1. The normalized spacial score (nSPS) is 10.5. The molecular formula is C30H27NO2S. The second-order valence-electron chi connectivity index (χ2n) is 7.81. The van der Waals surface area contributed by atoms with Gasteiger partial charge in [0.15, 0.2) is 11.2 Å². The second-order valence-corrected chi connectivity index (χ2v) is 8.89. The van der Waals surface area contributed by atoms with Crippen molar-refractivity contribution in [1.82, 2.24) is 0 Å². The van der Waals surface area contributed by atoms with E-state index in [4.69, 9.17) is 0 Å². The van der Waals surface area contributed by atoms with Crippen LogP contribution in [0.25, 0.3) is 20.2 Å². The molecule has 0 aliphatic heterocycles. The monoisotopic (exact) mass is 465 g/mol. The summed E-state index contributed by atoms with van der Waals surface area (Å²) in [4.78, 5) is 26.9. The number of carbonyl (C=O) groups excluding carboxylic acids is 1. The lowest BCUT2D eigenvalue weighted by Crippen LogP contribution is -2.24. The molecule has 1 heterocycles. The van der Waals surface area contributed by atoms with Crippen molar-refractivity contribution < 1.29 is 4.79 Å². The maximum Gasteiger partial charge on any atom is 0.195 e. The van der Waals surface area contributed by atoms with E-state index in [1.165, 1.54) is 0 Å². The summed E-state index contributed by atoms with van der Waals surface area (Å²) in [5, 5.41) is 1.64. The summed E-state index contributed by atoms with van der Waals surface area (Å²) in [7, 11) is 0. The highest BCUT2D eigenvalue weighted by atomic mass is 32.1. The first-order valence-electron chi connectivity index (χ1n) is 11.5. The van der Waals surface area contributed by atoms with Gasteiger partial charge < -0.3 is 4.90 Å². The van der Waals surface area contributed by atoms with E-state index in [-0.39, 0.29) is 11.2 Å². The van der Waals surface area contributed by atoms with Gasteiger partial charge >= 0.3 is 0 Å². The van der Waals surface area contributed by atoms with Gasteiger partial charge in [-0.25, -0.2) is 0 Å². The van der Waals surface area contributed by atoms with Crippen LogP contribution in [0.1, 0.15) is 29.8 Å². The van der Waals surface area contributed by atoms with Gasteiger partial charge in [0.05, 0.1) is 0 Å². The summed E-state index contributed by atoms with van der Waals surface area (Å²) in [5.41, 5.74) is 2.67. The highest BCUT2D eigenvalue weighted by Gasteiger charge is 2.15. The minimum Gasteiger partial charge on any atom is -0.371 e. The fourth-order valence-corrected chi connectivity index (χ4v) is 5.07. The molecule has 5 aromatic rings. The van der Waals surface area contributed by atoms with Gasteiger partial charge in [0, 0.05) is 50.1 Å². The Hall–Kier alpha value is -3.76. The first-order chi connectivity index (χ1) is 16.6. The third kappa shape index (κ3) is 4.92. The lowest BCUT2D eigenvalue weighted by Gasteiger charge is -2.23. The Kier molecular flexibility index (Phi) is 7.51. The van der Waals surface area contributed by atoms with E-state index in [0.717, 1.165) is 50.1 Å². The maximum atomic E-state index is 12.6. The number of hydrogen-bond acceptors (Lipinski definition) is 4. The summed E-state index contributed by atoms with van der Waals surface area (Å²) in [5.74, 6) is 0.0862. The Morgan fingerprint density at radius 2 is 1.18 bits per heavy atom. The van der Waals surface area contributed by atoms with Crippen LogP contribution in [0.15, 0.2) is 108 Å². The first-order valence-corrected chi connectivity index (χ1v) is 12.3. The number of carbonyl (C=O) groups is 1. The van der Waals surface area contributed by atoms with E-state index >= 15 is 0 Å². The lowest BCUT2D eigenvalue weighted by molar-refractivity contribution is 0.103. The molecule has 3 nitrogen and oxygen atoms in total. The van der Waals surface area contributed by atoms with E-state index in [0.29, 0.717) is 0 Å². The predicted molar refractivity (Wildman–Crippen MR) is 145 cm³/mol. The van der Waals surface area contributed by atoms with Crippen molar-refractivity contribution in [2.45, 2.75) is 13.8 Å². The molecule has 34 heavy (non-hydrogen) atoms. The first kappa shape index (κ1) is 23.4. The predicted octanol–water partition coefficient (Wildman–Crippen LogP) is 7.18. The molecule has 0 aliphatic rings. The van der Waals surface area contributed by atoms with Crippen LogP contribution < -0.4 is 10.3 Å². The van der Waals surface area contributed by atoms with Crippen LogP contribution in [-0.2, 0) is 0 Å². The minimum absolute atomic E-state index is 0.0862. The molecule has 0 aliphatic carbocycles. The van der Waals surface area contributed by atoms with Crippen molar-refractivity contribution in [2.24, 2.45) is 0 Å². The zero-order chi connectivity index (χ0) is 23.9. The van der Waals surface area contributed by atoms with Crippen molar-refractivity contribution >= 4 is 43.0 Å². The van der Waals surface area contributed by atoms with Crippen LogP contribution in [0.4, 0.5) is 5.69 Å². The molecule has 0 N–H and O–H groups in total. The molecule has 0 amide bonds. The number of hydrogen-bond donors (Lipinski definition) is 0. The number of fused-ring (bicyclic) bond motifs is 2. The van der Waals surface area contributed by atoms with Crippen molar-refractivity contribution in [1.29, 1.82) is 0 Å². The van der Waals surface area contributed by atoms with Crippen LogP contribution in [0, 0.1) is 0 Å². The Morgan fingerprint density at radius 3 is 1.76 bits per heavy atom. The molecule has 4 heteroatoms. The zero-order valence-electron chi connectivity index (χ0n) is 19.4. The molecule has 0 bridgehead atoms. The van der Waals surface area contributed by atoms with E-state index in [2.05, 4.69) is 18.7 Å². The summed E-state index contributed by atoms with van der Waals surface area (Å²) >= 11 is 1.67. The number of anilines is 1. The Morgan fingerprint density at radius 1 is 0.676 bits per heavy atom. The topological polar surface area (TPSA) is 37.4 Å². The van der Waals surface area contributed by atoms with E-state index in [1.54, 1.807) is 11.3 Å².